The summed E-state index contributed by atoms with van der Waals surface area (Å²) in [5.74, 6) is 1.45. The Kier molecular flexibility index (Phi) is 6.18. The molecule has 4 rings (SSSR count). The lowest BCUT2D eigenvalue weighted by Crippen LogP contribution is -2.27. The summed E-state index contributed by atoms with van der Waals surface area (Å²) in [6.07, 6.45) is 2.18. The van der Waals surface area contributed by atoms with Crippen LogP contribution in [0.2, 0.25) is 0 Å². The normalized spacial score (nSPS) is 11.8. The lowest BCUT2D eigenvalue weighted by atomic mass is 10.1. The fourth-order valence-electron chi connectivity index (χ4n) is 4.43. The summed E-state index contributed by atoms with van der Waals surface area (Å²) in [7, 11) is 0. The van der Waals surface area contributed by atoms with Crippen LogP contribution < -0.4 is 5.69 Å². The number of nitrogens with zero attached hydrogens (tertiary/aromatic N) is 5. The van der Waals surface area contributed by atoms with Gasteiger partial charge in [0.1, 0.15) is 5.82 Å². The van der Waals surface area contributed by atoms with Crippen LogP contribution >= 0.6 is 0 Å². The molecule has 0 N–H and O–H groups in total. The van der Waals surface area contributed by atoms with E-state index in [0.717, 1.165) is 46.4 Å². The summed E-state index contributed by atoms with van der Waals surface area (Å²) in [5, 5.41) is 9.06. The van der Waals surface area contributed by atoms with Gasteiger partial charge in [-0.3, -0.25) is 9.13 Å². The lowest BCUT2D eigenvalue weighted by molar-refractivity contribution is 0.504. The van der Waals surface area contributed by atoms with Crippen molar-refractivity contribution in [3.05, 3.63) is 64.3 Å². The second-order valence-corrected chi connectivity index (χ2v) is 9.13. The van der Waals surface area contributed by atoms with Crippen LogP contribution in [0.3, 0.4) is 0 Å². The first-order valence-electron chi connectivity index (χ1n) is 11.5. The highest BCUT2D eigenvalue weighted by molar-refractivity contribution is 5.80. The van der Waals surface area contributed by atoms with Gasteiger partial charge in [0.15, 0.2) is 0 Å². The first kappa shape index (κ1) is 21.9. The Morgan fingerprint density at radius 3 is 2.38 bits per heavy atom. The van der Waals surface area contributed by atoms with Crippen LogP contribution in [0.1, 0.15) is 58.0 Å². The molecule has 6 nitrogen and oxygen atoms in total. The molecule has 0 aliphatic carbocycles. The zero-order valence-corrected chi connectivity index (χ0v) is 19.4. The molecule has 2 heterocycles. The first-order chi connectivity index (χ1) is 15.4. The Labute approximate surface area is 188 Å². The maximum Gasteiger partial charge on any atom is 0.329 e. The number of imidazole rings is 2. The van der Waals surface area contributed by atoms with Gasteiger partial charge in [0, 0.05) is 19.0 Å². The van der Waals surface area contributed by atoms with E-state index < -0.39 is 0 Å². The fourth-order valence-corrected chi connectivity index (χ4v) is 4.43. The minimum Gasteiger partial charge on any atom is -0.326 e. The Bertz CT molecular complexity index is 1350. The van der Waals surface area contributed by atoms with Crippen LogP contribution in [0.15, 0.2) is 47.3 Å². The molecule has 0 amide bonds. The maximum absolute atomic E-state index is 13.4. The van der Waals surface area contributed by atoms with Gasteiger partial charge in [0.2, 0.25) is 0 Å². The van der Waals surface area contributed by atoms with E-state index in [4.69, 9.17) is 10.2 Å². The van der Waals surface area contributed by atoms with E-state index in [0.29, 0.717) is 25.3 Å². The number of para-hydroxylation sites is 3. The van der Waals surface area contributed by atoms with Gasteiger partial charge < -0.3 is 4.57 Å². The predicted octanol–water partition coefficient (Wildman–Crippen LogP) is 5.28. The third-order valence-corrected chi connectivity index (χ3v) is 6.06. The average Bonchev–Trinajstić information content (AvgIpc) is 3.26. The molecule has 0 radical (unpaired) electrons. The summed E-state index contributed by atoms with van der Waals surface area (Å²) in [6.45, 7) is 9.79. The Balaban J connectivity index is 1.88. The summed E-state index contributed by atoms with van der Waals surface area (Å²) >= 11 is 0. The van der Waals surface area contributed by atoms with Crippen LogP contribution in [0, 0.1) is 17.2 Å². The third-order valence-electron chi connectivity index (χ3n) is 6.06. The van der Waals surface area contributed by atoms with Gasteiger partial charge in [-0.05, 0) is 56.4 Å². The molecule has 2 aromatic heterocycles. The quantitative estimate of drug-likeness (QED) is 0.382. The Morgan fingerprint density at radius 2 is 1.69 bits per heavy atom. The van der Waals surface area contributed by atoms with Gasteiger partial charge in [-0.15, -0.1) is 0 Å². The van der Waals surface area contributed by atoms with E-state index in [1.165, 1.54) is 0 Å². The van der Waals surface area contributed by atoms with Gasteiger partial charge in [0.25, 0.3) is 0 Å². The highest BCUT2D eigenvalue weighted by Crippen LogP contribution is 2.24. The van der Waals surface area contributed by atoms with Crippen molar-refractivity contribution in [2.45, 2.75) is 66.1 Å². The van der Waals surface area contributed by atoms with Crippen molar-refractivity contribution >= 4 is 22.1 Å². The summed E-state index contributed by atoms with van der Waals surface area (Å²) in [4.78, 5) is 18.4. The van der Waals surface area contributed by atoms with Crippen LogP contribution in [-0.4, -0.2) is 18.7 Å². The number of benzene rings is 2. The van der Waals surface area contributed by atoms with Crippen molar-refractivity contribution in [2.24, 2.45) is 5.92 Å². The van der Waals surface area contributed by atoms with Crippen molar-refractivity contribution in [1.29, 1.82) is 5.26 Å². The van der Waals surface area contributed by atoms with Crippen molar-refractivity contribution in [1.82, 2.24) is 18.7 Å². The molecular formula is C26H31N5O. The molecule has 2 aromatic carbocycles. The molecule has 0 aliphatic rings. The van der Waals surface area contributed by atoms with Crippen molar-refractivity contribution in [2.75, 3.05) is 0 Å². The van der Waals surface area contributed by atoms with E-state index in [2.05, 4.69) is 36.6 Å². The molecule has 0 unspecified atom stereocenters. The van der Waals surface area contributed by atoms with Crippen LogP contribution in [0.5, 0.6) is 0 Å². The van der Waals surface area contributed by atoms with E-state index >= 15 is 0 Å². The first-order valence-corrected chi connectivity index (χ1v) is 11.5. The van der Waals surface area contributed by atoms with Crippen LogP contribution in [0.25, 0.3) is 22.1 Å². The zero-order valence-electron chi connectivity index (χ0n) is 19.4. The van der Waals surface area contributed by atoms with Crippen molar-refractivity contribution in [3.8, 4) is 6.07 Å². The Morgan fingerprint density at radius 1 is 0.969 bits per heavy atom. The van der Waals surface area contributed by atoms with Gasteiger partial charge in [-0.1, -0.05) is 38.1 Å². The number of hydrogen-bond acceptors (Lipinski definition) is 3. The monoisotopic (exact) mass is 429 g/mol. The van der Waals surface area contributed by atoms with Crippen molar-refractivity contribution in [3.63, 3.8) is 0 Å². The smallest absolute Gasteiger partial charge is 0.326 e. The predicted molar refractivity (Wildman–Crippen MR) is 129 cm³/mol. The number of rotatable bonds is 8. The number of aryl methyl sites for hydroxylation is 2. The molecule has 0 saturated heterocycles. The standard InChI is InChI=1S/C26H31N5O/c1-18(2)14-16-29-23-13-7-9-20(10-8-15-27)25(23)28-24(29)17-30-21-11-5-6-12-22(21)31(19(3)4)26(30)32/h5-7,9,11-13,18-19H,8,10,14,16-17H2,1-4H3. The maximum atomic E-state index is 13.4. The topological polar surface area (TPSA) is 68.5 Å². The largest absolute Gasteiger partial charge is 0.329 e. The summed E-state index contributed by atoms with van der Waals surface area (Å²) in [5.41, 5.74) is 4.99. The molecule has 0 bridgehead atoms. The highest BCUT2D eigenvalue weighted by atomic mass is 16.1. The fraction of sp³-hybridized carbons (Fsp3) is 0.423. The second kappa shape index (κ2) is 9.04. The molecule has 166 valence electrons. The third kappa shape index (κ3) is 3.95. The summed E-state index contributed by atoms with van der Waals surface area (Å²) < 4.78 is 5.96. The highest BCUT2D eigenvalue weighted by Gasteiger charge is 2.19. The van der Waals surface area contributed by atoms with Gasteiger partial charge in [-0.25, -0.2) is 9.78 Å². The molecule has 0 atom stereocenters. The van der Waals surface area contributed by atoms with Gasteiger partial charge in [-0.2, -0.15) is 5.26 Å². The zero-order chi connectivity index (χ0) is 22.8. The number of fused-ring (bicyclic) bond motifs is 2. The molecular weight excluding hydrogens is 398 g/mol. The molecule has 0 aliphatic heterocycles. The van der Waals surface area contributed by atoms with Gasteiger partial charge >= 0.3 is 5.69 Å². The molecule has 4 aromatic rings. The lowest BCUT2D eigenvalue weighted by Gasteiger charge is -2.12. The summed E-state index contributed by atoms with van der Waals surface area (Å²) in [6, 6.07) is 16.5. The van der Waals surface area contributed by atoms with Gasteiger partial charge in [0.05, 0.1) is 34.7 Å². The Hall–Kier alpha value is -3.33. The SMILES string of the molecule is CC(C)CCn1c(Cn2c(=O)n(C(C)C)c3ccccc32)nc2c(CCC#N)cccc21. The second-order valence-electron chi connectivity index (χ2n) is 9.13. The van der Waals surface area contributed by atoms with E-state index in [1.54, 1.807) is 0 Å². The molecule has 32 heavy (non-hydrogen) atoms. The number of nitriles is 1. The van der Waals surface area contributed by atoms with E-state index in [-0.39, 0.29) is 11.7 Å². The molecule has 0 fully saturated rings. The number of aromatic nitrogens is 4. The molecule has 0 saturated carbocycles. The molecule has 6 heteroatoms. The average molecular weight is 430 g/mol. The van der Waals surface area contributed by atoms with Crippen LogP contribution in [0.4, 0.5) is 0 Å². The minimum atomic E-state index is -0.00614. The van der Waals surface area contributed by atoms with E-state index in [9.17, 15) is 4.79 Å². The number of hydrogen-bond donors (Lipinski definition) is 0. The molecule has 0 spiro atoms. The van der Waals surface area contributed by atoms with Crippen molar-refractivity contribution < 1.29 is 0 Å². The minimum absolute atomic E-state index is 0.00614. The van der Waals surface area contributed by atoms with E-state index in [1.807, 2.05) is 53.3 Å². The van der Waals surface area contributed by atoms with Crippen LogP contribution in [-0.2, 0) is 19.5 Å².